The van der Waals surface area contributed by atoms with Crippen molar-refractivity contribution in [2.75, 3.05) is 26.8 Å². The van der Waals surface area contributed by atoms with Crippen molar-refractivity contribution < 1.29 is 27.5 Å². The topological polar surface area (TPSA) is 126 Å². The van der Waals surface area contributed by atoms with E-state index >= 15 is 0 Å². The predicted molar refractivity (Wildman–Crippen MR) is 147 cm³/mol. The van der Waals surface area contributed by atoms with Crippen LogP contribution in [0.5, 0.6) is 11.5 Å². The molecule has 0 radical (unpaired) electrons. The standard InChI is InChI=1S/C27H35ClN4O6S/c1-27(2,3)30-16-17-13-24-20(14-21(17)28)22(9-12-38-24)31-25(33)15-23-26(34)29-10-11-32(23)39(35,36)19-7-5-18(37-4)6-8-19/h5-8,13-14,22-23,30H,9-12,15-16H2,1-4H3,(H,29,34)(H,31,33)/t22-,23?/m1/s1. The molecule has 1 unspecified atom stereocenters. The summed E-state index contributed by atoms with van der Waals surface area (Å²) in [6.07, 6.45) is 0.189. The number of halogens is 1. The van der Waals surface area contributed by atoms with E-state index in [9.17, 15) is 18.0 Å². The van der Waals surface area contributed by atoms with Crippen LogP contribution in [-0.2, 0) is 26.2 Å². The molecule has 2 amide bonds. The van der Waals surface area contributed by atoms with Crippen LogP contribution in [0.4, 0.5) is 0 Å². The van der Waals surface area contributed by atoms with Gasteiger partial charge in [-0.2, -0.15) is 4.31 Å². The number of nitrogens with zero attached hydrogens (tertiary/aromatic N) is 1. The fourth-order valence-corrected chi connectivity index (χ4v) is 6.41. The highest BCUT2D eigenvalue weighted by molar-refractivity contribution is 7.89. The van der Waals surface area contributed by atoms with E-state index in [2.05, 4.69) is 36.7 Å². The van der Waals surface area contributed by atoms with Gasteiger partial charge >= 0.3 is 0 Å². The summed E-state index contributed by atoms with van der Waals surface area (Å²) >= 11 is 6.57. The van der Waals surface area contributed by atoms with E-state index in [0.29, 0.717) is 36.1 Å². The molecule has 2 aromatic rings. The summed E-state index contributed by atoms with van der Waals surface area (Å²) in [5, 5.41) is 9.60. The number of methoxy groups -OCH3 is 1. The summed E-state index contributed by atoms with van der Waals surface area (Å²) in [5.41, 5.74) is 1.54. The normalized spacial score (nSPS) is 20.0. The molecule has 2 aromatic carbocycles. The first-order valence-corrected chi connectivity index (χ1v) is 14.6. The SMILES string of the molecule is COc1ccc(S(=O)(=O)N2CCNC(=O)C2CC(=O)N[C@@H]2CCOc3cc(CNC(C)(C)C)c(Cl)cc32)cc1. The van der Waals surface area contributed by atoms with Crippen molar-refractivity contribution in [3.8, 4) is 11.5 Å². The Kier molecular flexibility index (Phi) is 8.75. The van der Waals surface area contributed by atoms with Crippen molar-refractivity contribution in [1.29, 1.82) is 0 Å². The average molecular weight is 579 g/mol. The van der Waals surface area contributed by atoms with Crippen LogP contribution in [0.25, 0.3) is 0 Å². The number of amides is 2. The molecule has 2 atom stereocenters. The number of fused-ring (bicyclic) bond motifs is 1. The Morgan fingerprint density at radius 1 is 1.23 bits per heavy atom. The van der Waals surface area contributed by atoms with Crippen molar-refractivity contribution >= 4 is 33.4 Å². The molecule has 2 heterocycles. The Balaban J connectivity index is 1.49. The molecule has 3 N–H and O–H groups in total. The fraction of sp³-hybridized carbons (Fsp3) is 0.481. The number of nitrogens with one attached hydrogen (secondary N) is 3. The summed E-state index contributed by atoms with van der Waals surface area (Å²) < 4.78 is 38.9. The van der Waals surface area contributed by atoms with E-state index in [4.69, 9.17) is 21.1 Å². The zero-order valence-electron chi connectivity index (χ0n) is 22.5. The zero-order valence-corrected chi connectivity index (χ0v) is 24.1. The lowest BCUT2D eigenvalue weighted by Gasteiger charge is -2.34. The van der Waals surface area contributed by atoms with E-state index in [0.717, 1.165) is 15.4 Å². The van der Waals surface area contributed by atoms with Gasteiger partial charge in [-0.1, -0.05) is 11.6 Å². The molecule has 0 bridgehead atoms. The number of carbonyl (C=O) groups excluding carboxylic acids is 2. The lowest BCUT2D eigenvalue weighted by atomic mass is 9.97. The molecule has 39 heavy (non-hydrogen) atoms. The summed E-state index contributed by atoms with van der Waals surface area (Å²) in [5.74, 6) is 0.191. The largest absolute Gasteiger partial charge is 0.497 e. The second-order valence-corrected chi connectivity index (χ2v) is 12.9. The maximum Gasteiger partial charge on any atom is 0.243 e. The Morgan fingerprint density at radius 2 is 1.95 bits per heavy atom. The lowest BCUT2D eigenvalue weighted by Crippen LogP contribution is -2.58. The van der Waals surface area contributed by atoms with Crippen LogP contribution in [0.15, 0.2) is 41.3 Å². The molecule has 0 spiro atoms. The number of carbonyl (C=O) groups is 2. The minimum atomic E-state index is -4.03. The van der Waals surface area contributed by atoms with Gasteiger partial charge in [0.2, 0.25) is 21.8 Å². The van der Waals surface area contributed by atoms with Crippen LogP contribution < -0.4 is 25.4 Å². The van der Waals surface area contributed by atoms with Crippen molar-refractivity contribution in [3.05, 3.63) is 52.5 Å². The number of sulfonamides is 1. The Labute approximate surface area is 234 Å². The Hall–Kier alpha value is -2.86. The van der Waals surface area contributed by atoms with Gasteiger partial charge in [-0.3, -0.25) is 9.59 Å². The van der Waals surface area contributed by atoms with E-state index in [1.54, 1.807) is 6.07 Å². The van der Waals surface area contributed by atoms with Gasteiger partial charge in [0.1, 0.15) is 17.5 Å². The van der Waals surface area contributed by atoms with E-state index in [-0.39, 0.29) is 36.0 Å². The second-order valence-electron chi connectivity index (χ2n) is 10.6. The third-order valence-corrected chi connectivity index (χ3v) is 8.96. The summed E-state index contributed by atoms with van der Waals surface area (Å²) in [6.45, 7) is 7.37. The number of benzene rings is 2. The number of piperazine rings is 1. The predicted octanol–water partition coefficient (Wildman–Crippen LogP) is 2.76. The van der Waals surface area contributed by atoms with Crippen molar-refractivity contribution in [3.63, 3.8) is 0 Å². The molecular formula is C27H35ClN4O6S. The lowest BCUT2D eigenvalue weighted by molar-refractivity contribution is -0.132. The Morgan fingerprint density at radius 3 is 2.62 bits per heavy atom. The molecule has 1 fully saturated rings. The molecule has 2 aliphatic rings. The van der Waals surface area contributed by atoms with E-state index < -0.39 is 27.9 Å². The maximum absolute atomic E-state index is 13.4. The van der Waals surface area contributed by atoms with Gasteiger partial charge in [0.15, 0.2) is 0 Å². The smallest absolute Gasteiger partial charge is 0.243 e. The second kappa shape index (κ2) is 11.7. The number of ether oxygens (including phenoxy) is 2. The molecule has 0 aromatic heterocycles. The summed E-state index contributed by atoms with van der Waals surface area (Å²) in [6, 6.07) is 8.04. The highest BCUT2D eigenvalue weighted by atomic mass is 35.5. The molecule has 2 aliphatic heterocycles. The van der Waals surface area contributed by atoms with E-state index in [1.807, 2.05) is 6.07 Å². The molecule has 0 saturated carbocycles. The quantitative estimate of drug-likeness (QED) is 0.440. The van der Waals surface area contributed by atoms with Crippen LogP contribution in [0.2, 0.25) is 5.02 Å². The first kappa shape index (κ1) is 29.1. The van der Waals surface area contributed by atoms with Crippen LogP contribution >= 0.6 is 11.6 Å². The van der Waals surface area contributed by atoms with Crippen molar-refractivity contribution in [2.45, 2.75) is 62.7 Å². The molecule has 12 heteroatoms. The third-order valence-electron chi connectivity index (χ3n) is 6.69. The van der Waals surface area contributed by atoms with Crippen LogP contribution in [0, 0.1) is 0 Å². The molecule has 4 rings (SSSR count). The first-order valence-electron chi connectivity index (χ1n) is 12.8. The van der Waals surface area contributed by atoms with Gasteiger partial charge in [-0.15, -0.1) is 0 Å². The van der Waals surface area contributed by atoms with Crippen LogP contribution in [0.3, 0.4) is 0 Å². The van der Waals surface area contributed by atoms with Crippen molar-refractivity contribution in [2.24, 2.45) is 0 Å². The van der Waals surface area contributed by atoms with Gasteiger partial charge in [0.25, 0.3) is 0 Å². The number of hydrogen-bond acceptors (Lipinski definition) is 7. The molecule has 1 saturated heterocycles. The zero-order chi connectivity index (χ0) is 28.4. The average Bonchev–Trinajstić information content (AvgIpc) is 2.88. The minimum absolute atomic E-state index is 0.0214. The number of rotatable bonds is 8. The monoisotopic (exact) mass is 578 g/mol. The first-order chi connectivity index (χ1) is 18.4. The van der Waals surface area contributed by atoms with Gasteiger partial charge in [0.05, 0.1) is 31.1 Å². The summed E-state index contributed by atoms with van der Waals surface area (Å²) in [7, 11) is -2.54. The molecule has 0 aliphatic carbocycles. The van der Waals surface area contributed by atoms with Gasteiger partial charge in [0, 0.05) is 42.2 Å². The van der Waals surface area contributed by atoms with Gasteiger partial charge in [-0.05, 0) is 62.7 Å². The van der Waals surface area contributed by atoms with Gasteiger partial charge in [-0.25, -0.2) is 8.42 Å². The fourth-order valence-electron chi connectivity index (χ4n) is 4.58. The van der Waals surface area contributed by atoms with E-state index in [1.165, 1.54) is 31.4 Å². The highest BCUT2D eigenvalue weighted by Crippen LogP contribution is 2.36. The van der Waals surface area contributed by atoms with Gasteiger partial charge < -0.3 is 25.4 Å². The Bertz CT molecular complexity index is 1330. The minimum Gasteiger partial charge on any atom is -0.497 e. The molecule has 212 valence electrons. The van der Waals surface area contributed by atoms with Crippen LogP contribution in [-0.4, -0.2) is 62.9 Å². The number of hydrogen-bond donors (Lipinski definition) is 3. The maximum atomic E-state index is 13.4. The van der Waals surface area contributed by atoms with Crippen molar-refractivity contribution in [1.82, 2.24) is 20.3 Å². The third kappa shape index (κ3) is 6.84. The molecule has 10 nitrogen and oxygen atoms in total. The highest BCUT2D eigenvalue weighted by Gasteiger charge is 2.40. The molecular weight excluding hydrogens is 544 g/mol. The van der Waals surface area contributed by atoms with Crippen LogP contribution in [0.1, 0.15) is 50.8 Å². The summed E-state index contributed by atoms with van der Waals surface area (Å²) in [4.78, 5) is 26.0.